The molecule has 136 valence electrons. The number of aryl methyl sites for hydroxylation is 1. The van der Waals surface area contributed by atoms with Gasteiger partial charge >= 0.3 is 0 Å². The molecule has 25 heavy (non-hydrogen) atoms. The van der Waals surface area contributed by atoms with Gasteiger partial charge in [0.25, 0.3) is 0 Å². The van der Waals surface area contributed by atoms with Crippen molar-refractivity contribution in [2.24, 2.45) is 7.05 Å². The minimum absolute atomic E-state index is 0. The number of nitrogens with one attached hydrogen (secondary N) is 2. The first kappa shape index (κ1) is 19.7. The van der Waals surface area contributed by atoms with Crippen molar-refractivity contribution in [2.75, 3.05) is 18.4 Å². The Hall–Kier alpha value is -1.64. The SMILES string of the molecule is CC(Sc1ccccn1)C(=O)Nc1nc(C2CCNCC2)nn1C.Cl. The van der Waals surface area contributed by atoms with E-state index < -0.39 is 0 Å². The van der Waals surface area contributed by atoms with Crippen molar-refractivity contribution in [3.8, 4) is 0 Å². The van der Waals surface area contributed by atoms with E-state index in [0.29, 0.717) is 11.9 Å². The summed E-state index contributed by atoms with van der Waals surface area (Å²) in [4.78, 5) is 21.2. The first-order valence-corrected chi connectivity index (χ1v) is 9.01. The number of hydrogen-bond acceptors (Lipinski definition) is 6. The third-order valence-electron chi connectivity index (χ3n) is 4.02. The van der Waals surface area contributed by atoms with Crippen molar-refractivity contribution >= 4 is 36.0 Å². The predicted molar refractivity (Wildman–Crippen MR) is 101 cm³/mol. The van der Waals surface area contributed by atoms with Gasteiger partial charge in [-0.15, -0.1) is 12.4 Å². The second-order valence-electron chi connectivity index (χ2n) is 5.86. The number of thioether (sulfide) groups is 1. The van der Waals surface area contributed by atoms with Gasteiger partial charge < -0.3 is 5.32 Å². The number of nitrogens with zero attached hydrogens (tertiary/aromatic N) is 4. The third-order valence-corrected chi connectivity index (χ3v) is 5.07. The first-order valence-electron chi connectivity index (χ1n) is 8.13. The van der Waals surface area contributed by atoms with Gasteiger partial charge in [0.05, 0.1) is 10.3 Å². The highest BCUT2D eigenvalue weighted by molar-refractivity contribution is 8.00. The smallest absolute Gasteiger partial charge is 0.239 e. The van der Waals surface area contributed by atoms with Crippen molar-refractivity contribution in [1.29, 1.82) is 0 Å². The average Bonchev–Trinajstić information content (AvgIpc) is 2.97. The average molecular weight is 383 g/mol. The quantitative estimate of drug-likeness (QED) is 0.771. The van der Waals surface area contributed by atoms with Crippen LogP contribution in [-0.4, -0.2) is 44.0 Å². The predicted octanol–water partition coefficient (Wildman–Crippen LogP) is 2.22. The van der Waals surface area contributed by atoms with Gasteiger partial charge in [-0.1, -0.05) is 17.8 Å². The summed E-state index contributed by atoms with van der Waals surface area (Å²) in [6.45, 7) is 3.84. The summed E-state index contributed by atoms with van der Waals surface area (Å²) in [5.41, 5.74) is 0. The molecule has 2 aromatic heterocycles. The molecule has 1 aliphatic heterocycles. The molecule has 1 amide bonds. The fourth-order valence-electron chi connectivity index (χ4n) is 2.63. The molecule has 3 heterocycles. The number of carbonyl (C=O) groups is 1. The van der Waals surface area contributed by atoms with Crippen LogP contribution in [0.15, 0.2) is 29.4 Å². The van der Waals surface area contributed by atoms with Crippen LogP contribution in [0.25, 0.3) is 0 Å². The highest BCUT2D eigenvalue weighted by Gasteiger charge is 2.22. The van der Waals surface area contributed by atoms with E-state index in [-0.39, 0.29) is 23.6 Å². The zero-order valence-electron chi connectivity index (χ0n) is 14.3. The minimum atomic E-state index is -0.265. The van der Waals surface area contributed by atoms with Crippen LogP contribution < -0.4 is 10.6 Å². The van der Waals surface area contributed by atoms with Gasteiger partial charge in [-0.25, -0.2) is 9.67 Å². The van der Waals surface area contributed by atoms with E-state index >= 15 is 0 Å². The van der Waals surface area contributed by atoms with Crippen LogP contribution in [0.2, 0.25) is 0 Å². The van der Waals surface area contributed by atoms with Crippen molar-refractivity contribution < 1.29 is 4.79 Å². The molecule has 0 spiro atoms. The van der Waals surface area contributed by atoms with Gasteiger partial charge in [-0.05, 0) is 45.0 Å². The number of rotatable bonds is 5. The molecule has 0 aliphatic carbocycles. The number of amides is 1. The Kier molecular flexibility index (Phi) is 7.22. The van der Waals surface area contributed by atoms with Gasteiger partial charge in [0, 0.05) is 19.2 Å². The Bertz CT molecular complexity index is 689. The Morgan fingerprint density at radius 3 is 2.84 bits per heavy atom. The summed E-state index contributed by atoms with van der Waals surface area (Å²) in [7, 11) is 1.81. The molecular weight excluding hydrogens is 360 g/mol. The second-order valence-corrected chi connectivity index (χ2v) is 7.22. The molecule has 9 heteroatoms. The Labute approximate surface area is 157 Å². The molecule has 0 bridgehead atoms. The lowest BCUT2D eigenvalue weighted by Gasteiger charge is -2.19. The normalized spacial score (nSPS) is 16.1. The van der Waals surface area contributed by atoms with Crippen molar-refractivity contribution in [1.82, 2.24) is 25.1 Å². The topological polar surface area (TPSA) is 84.7 Å². The third kappa shape index (κ3) is 5.17. The van der Waals surface area contributed by atoms with E-state index in [1.165, 1.54) is 11.8 Å². The second kappa shape index (κ2) is 9.17. The zero-order valence-corrected chi connectivity index (χ0v) is 15.9. The Morgan fingerprint density at radius 1 is 1.40 bits per heavy atom. The van der Waals surface area contributed by atoms with E-state index in [4.69, 9.17) is 0 Å². The Balaban J connectivity index is 0.00000225. The van der Waals surface area contributed by atoms with Crippen molar-refractivity contribution in [3.63, 3.8) is 0 Å². The molecule has 0 aromatic carbocycles. The maximum atomic E-state index is 12.4. The highest BCUT2D eigenvalue weighted by Crippen LogP contribution is 2.24. The standard InChI is InChI=1S/C16H22N6OS.ClH/c1-11(24-13-5-3-4-8-18-13)15(23)20-16-19-14(21-22(16)2)12-6-9-17-10-7-12;/h3-5,8,11-12,17H,6-7,9-10H2,1-2H3,(H,19,20,21,23);1H. The van der Waals surface area contributed by atoms with Gasteiger partial charge in [0.1, 0.15) is 0 Å². The molecule has 1 aliphatic rings. The van der Waals surface area contributed by atoms with Gasteiger partial charge in [-0.2, -0.15) is 10.1 Å². The number of piperidine rings is 1. The van der Waals surface area contributed by atoms with Gasteiger partial charge in [0.2, 0.25) is 11.9 Å². The fraction of sp³-hybridized carbons (Fsp3) is 0.500. The molecule has 1 unspecified atom stereocenters. The molecule has 3 rings (SSSR count). The summed E-state index contributed by atoms with van der Waals surface area (Å²) in [6, 6.07) is 5.66. The van der Waals surface area contributed by atoms with Crippen LogP contribution in [0.3, 0.4) is 0 Å². The monoisotopic (exact) mass is 382 g/mol. The molecule has 2 N–H and O–H groups in total. The first-order chi connectivity index (χ1) is 11.6. The maximum absolute atomic E-state index is 12.4. The largest absolute Gasteiger partial charge is 0.317 e. The Morgan fingerprint density at radius 2 is 2.16 bits per heavy atom. The van der Waals surface area contributed by atoms with Crippen LogP contribution >= 0.6 is 24.2 Å². The molecular formula is C16H23ClN6OS. The summed E-state index contributed by atoms with van der Waals surface area (Å²) in [6.07, 6.45) is 3.79. The molecule has 0 saturated carbocycles. The maximum Gasteiger partial charge on any atom is 0.239 e. The number of pyridine rings is 1. The lowest BCUT2D eigenvalue weighted by molar-refractivity contribution is -0.115. The van der Waals surface area contributed by atoms with E-state index in [9.17, 15) is 4.79 Å². The molecule has 2 aromatic rings. The van der Waals surface area contributed by atoms with Crippen LogP contribution in [0.4, 0.5) is 5.95 Å². The summed E-state index contributed by atoms with van der Waals surface area (Å²) < 4.78 is 1.65. The number of halogens is 1. The van der Waals surface area contributed by atoms with Crippen LogP contribution in [0.5, 0.6) is 0 Å². The number of aromatic nitrogens is 4. The summed E-state index contributed by atoms with van der Waals surface area (Å²) in [5, 5.41) is 11.2. The summed E-state index contributed by atoms with van der Waals surface area (Å²) >= 11 is 1.42. The molecule has 1 saturated heterocycles. The van der Waals surface area contributed by atoms with E-state index in [1.54, 1.807) is 10.9 Å². The molecule has 1 atom stereocenters. The fourth-order valence-corrected chi connectivity index (χ4v) is 3.44. The number of hydrogen-bond donors (Lipinski definition) is 2. The number of carbonyl (C=O) groups excluding carboxylic acids is 1. The van der Waals surface area contributed by atoms with Gasteiger partial charge in [0.15, 0.2) is 5.82 Å². The number of anilines is 1. The lowest BCUT2D eigenvalue weighted by atomic mass is 9.98. The zero-order chi connectivity index (χ0) is 16.9. The molecule has 0 radical (unpaired) electrons. The van der Waals surface area contributed by atoms with E-state index in [2.05, 4.69) is 25.7 Å². The molecule has 7 nitrogen and oxygen atoms in total. The van der Waals surface area contributed by atoms with Crippen LogP contribution in [0.1, 0.15) is 31.5 Å². The van der Waals surface area contributed by atoms with Crippen LogP contribution in [-0.2, 0) is 11.8 Å². The highest BCUT2D eigenvalue weighted by atomic mass is 35.5. The van der Waals surface area contributed by atoms with Crippen LogP contribution in [0, 0.1) is 0 Å². The van der Waals surface area contributed by atoms with E-state index in [0.717, 1.165) is 36.8 Å². The summed E-state index contributed by atoms with van der Waals surface area (Å²) in [5.74, 6) is 1.59. The van der Waals surface area contributed by atoms with E-state index in [1.807, 2.05) is 32.2 Å². The van der Waals surface area contributed by atoms with Crippen molar-refractivity contribution in [2.45, 2.75) is 36.0 Å². The minimum Gasteiger partial charge on any atom is -0.317 e. The molecule has 1 fully saturated rings. The lowest BCUT2D eigenvalue weighted by Crippen LogP contribution is -2.27. The van der Waals surface area contributed by atoms with Gasteiger partial charge in [-0.3, -0.25) is 10.1 Å². The van der Waals surface area contributed by atoms with Crippen molar-refractivity contribution in [3.05, 3.63) is 30.2 Å².